The highest BCUT2D eigenvalue weighted by Gasteiger charge is 2.29. The number of hydrogen-bond donors (Lipinski definition) is 2. The topological polar surface area (TPSA) is 100 Å². The first-order chi connectivity index (χ1) is 19.6. The second-order valence-corrected chi connectivity index (χ2v) is 10.2. The second-order valence-electron chi connectivity index (χ2n) is 10.2. The molecule has 2 aromatic heterocycles. The van der Waals surface area contributed by atoms with E-state index >= 15 is 0 Å². The smallest absolute Gasteiger partial charge is 0.387 e. The van der Waals surface area contributed by atoms with Crippen molar-refractivity contribution in [3.8, 4) is 17.0 Å². The van der Waals surface area contributed by atoms with E-state index in [0.717, 1.165) is 22.5 Å². The van der Waals surface area contributed by atoms with Crippen molar-refractivity contribution in [1.29, 1.82) is 0 Å². The van der Waals surface area contributed by atoms with Crippen molar-refractivity contribution in [2.75, 3.05) is 35.7 Å². The minimum Gasteiger partial charge on any atom is -0.433 e. The molecule has 1 aliphatic heterocycles. The van der Waals surface area contributed by atoms with Crippen LogP contribution in [0.5, 0.6) is 5.75 Å². The van der Waals surface area contributed by atoms with Gasteiger partial charge in [0.2, 0.25) is 5.91 Å². The van der Waals surface area contributed by atoms with Gasteiger partial charge in [-0.2, -0.15) is 13.9 Å². The molecule has 1 aliphatic rings. The molecule has 2 aromatic carbocycles. The van der Waals surface area contributed by atoms with E-state index in [1.54, 1.807) is 23.0 Å². The van der Waals surface area contributed by atoms with Crippen LogP contribution in [0.25, 0.3) is 22.2 Å². The summed E-state index contributed by atoms with van der Waals surface area (Å²) in [5.74, 6) is -0.151. The van der Waals surface area contributed by atoms with Gasteiger partial charge in [-0.15, -0.1) is 0 Å². The summed E-state index contributed by atoms with van der Waals surface area (Å²) in [7, 11) is 3.91. The SMILES string of the molecule is C=CC(=O)Nc1cc(Nc2cc(-c3ccc4cnn(C)c4c3)ncn2)c(OC(F)F)cc1N1C[C@@H](C)N(C)[C@@H](C)C1. The fraction of sp³-hybridized carbons (Fsp3) is 0.310. The van der Waals surface area contributed by atoms with Gasteiger partial charge in [0.05, 0.1) is 34.5 Å². The fourth-order valence-corrected chi connectivity index (χ4v) is 5.03. The van der Waals surface area contributed by atoms with Crippen LogP contribution in [0.15, 0.2) is 61.6 Å². The molecule has 0 saturated carbocycles. The lowest BCUT2D eigenvalue weighted by molar-refractivity contribution is -0.111. The maximum atomic E-state index is 13.6. The van der Waals surface area contributed by atoms with Crippen molar-refractivity contribution in [1.82, 2.24) is 24.6 Å². The molecular weight excluding hydrogens is 530 g/mol. The molecule has 0 unspecified atom stereocenters. The maximum Gasteiger partial charge on any atom is 0.387 e. The number of rotatable bonds is 8. The summed E-state index contributed by atoms with van der Waals surface area (Å²) in [6, 6.07) is 11.1. The van der Waals surface area contributed by atoms with Crippen molar-refractivity contribution in [3.05, 3.63) is 61.6 Å². The van der Waals surface area contributed by atoms with Crippen LogP contribution in [0.3, 0.4) is 0 Å². The Hall–Kier alpha value is -4.58. The highest BCUT2D eigenvalue weighted by molar-refractivity contribution is 6.02. The first kappa shape index (κ1) is 28.0. The Balaban J connectivity index is 1.54. The van der Waals surface area contributed by atoms with Gasteiger partial charge < -0.3 is 20.3 Å². The predicted molar refractivity (Wildman–Crippen MR) is 156 cm³/mol. The minimum absolute atomic E-state index is 0.0812. The molecule has 10 nitrogen and oxygen atoms in total. The molecule has 0 spiro atoms. The van der Waals surface area contributed by atoms with Gasteiger partial charge >= 0.3 is 6.61 Å². The zero-order valence-electron chi connectivity index (χ0n) is 23.3. The molecule has 2 N–H and O–H groups in total. The summed E-state index contributed by atoms with van der Waals surface area (Å²) in [5.41, 5.74) is 3.60. The summed E-state index contributed by atoms with van der Waals surface area (Å²) in [6.45, 7) is 5.94. The number of nitrogens with zero attached hydrogens (tertiary/aromatic N) is 6. The van der Waals surface area contributed by atoms with E-state index in [9.17, 15) is 13.6 Å². The average Bonchev–Trinajstić information content (AvgIpc) is 3.32. The van der Waals surface area contributed by atoms with Crippen LogP contribution in [-0.2, 0) is 11.8 Å². The molecule has 1 amide bonds. The molecule has 4 aromatic rings. The number of carbonyl (C=O) groups excluding carboxylic acids is 1. The van der Waals surface area contributed by atoms with Gasteiger partial charge in [0.1, 0.15) is 12.1 Å². The van der Waals surface area contributed by atoms with Crippen molar-refractivity contribution >= 4 is 39.7 Å². The zero-order valence-corrected chi connectivity index (χ0v) is 23.3. The molecule has 2 atom stereocenters. The number of anilines is 4. The molecule has 1 fully saturated rings. The average molecular weight is 563 g/mol. The Morgan fingerprint density at radius 3 is 2.56 bits per heavy atom. The van der Waals surface area contributed by atoms with Gasteiger partial charge in [-0.3, -0.25) is 14.4 Å². The lowest BCUT2D eigenvalue weighted by Crippen LogP contribution is -2.55. The van der Waals surface area contributed by atoms with Crippen LogP contribution in [0.1, 0.15) is 13.8 Å². The lowest BCUT2D eigenvalue weighted by Gasteiger charge is -2.44. The predicted octanol–water partition coefficient (Wildman–Crippen LogP) is 5.03. The molecule has 12 heteroatoms. The van der Waals surface area contributed by atoms with Crippen LogP contribution in [-0.4, -0.2) is 69.4 Å². The van der Waals surface area contributed by atoms with Gasteiger partial charge in [0, 0.05) is 55.3 Å². The summed E-state index contributed by atoms with van der Waals surface area (Å²) in [6.07, 6.45) is 4.33. The van der Waals surface area contributed by atoms with Gasteiger partial charge in [0.25, 0.3) is 0 Å². The Morgan fingerprint density at radius 2 is 1.85 bits per heavy atom. The highest BCUT2D eigenvalue weighted by Crippen LogP contribution is 2.40. The summed E-state index contributed by atoms with van der Waals surface area (Å²) in [5, 5.41) is 11.2. The number of halogens is 2. The number of likely N-dealkylation sites (N-methyl/N-ethyl adjacent to an activating group) is 1. The van der Waals surface area contributed by atoms with Crippen molar-refractivity contribution < 1.29 is 18.3 Å². The van der Waals surface area contributed by atoms with Gasteiger partial charge in [-0.1, -0.05) is 18.7 Å². The number of hydrogen-bond acceptors (Lipinski definition) is 8. The highest BCUT2D eigenvalue weighted by atomic mass is 19.3. The largest absolute Gasteiger partial charge is 0.433 e. The molecule has 0 aliphatic carbocycles. The summed E-state index contributed by atoms with van der Waals surface area (Å²) < 4.78 is 33.9. The molecule has 41 heavy (non-hydrogen) atoms. The number of ether oxygens (including phenoxy) is 1. The Bertz CT molecular complexity index is 1580. The second kappa shape index (κ2) is 11.5. The van der Waals surface area contributed by atoms with Gasteiger partial charge in [-0.25, -0.2) is 9.97 Å². The summed E-state index contributed by atoms with van der Waals surface area (Å²) in [4.78, 5) is 25.4. The standard InChI is InChI=1S/C29H32F2N8O2/c1-6-28(40)36-22-10-23(26(41-29(30)31)12-25(22)39-14-17(2)37(4)18(3)15-39)35-27-11-21(32-16-33-27)19-7-8-20-13-34-38(5)24(20)9-19/h6-13,16-18,29H,1,14-15H2,2-5H3,(H,36,40)(H,32,33,35)/t17-,18+. The number of benzene rings is 2. The van der Waals surface area contributed by atoms with Gasteiger partial charge in [0.15, 0.2) is 5.75 Å². The molecule has 0 bridgehead atoms. The van der Waals surface area contributed by atoms with Crippen molar-refractivity contribution in [2.45, 2.75) is 32.5 Å². The van der Waals surface area contributed by atoms with Crippen LogP contribution < -0.4 is 20.3 Å². The van der Waals surface area contributed by atoms with E-state index in [4.69, 9.17) is 4.74 Å². The number of nitrogens with one attached hydrogen (secondary N) is 2. The number of fused-ring (bicyclic) bond motifs is 1. The molecule has 0 radical (unpaired) electrons. The van der Waals surface area contributed by atoms with E-state index in [1.165, 1.54) is 12.4 Å². The molecular formula is C29H32F2N8O2. The van der Waals surface area contributed by atoms with Crippen molar-refractivity contribution in [2.24, 2.45) is 7.05 Å². The Morgan fingerprint density at radius 1 is 1.10 bits per heavy atom. The number of aryl methyl sites for hydroxylation is 1. The minimum atomic E-state index is -3.06. The van der Waals surface area contributed by atoms with E-state index in [-0.39, 0.29) is 23.5 Å². The lowest BCUT2D eigenvalue weighted by atomic mass is 10.1. The first-order valence-electron chi connectivity index (χ1n) is 13.2. The van der Waals surface area contributed by atoms with Crippen LogP contribution in [0.4, 0.5) is 31.7 Å². The third-order valence-electron chi connectivity index (χ3n) is 7.43. The number of alkyl halides is 2. The molecule has 214 valence electrons. The molecule has 3 heterocycles. The van der Waals surface area contributed by atoms with E-state index < -0.39 is 12.5 Å². The Labute approximate surface area is 236 Å². The van der Waals surface area contributed by atoms with Crippen molar-refractivity contribution in [3.63, 3.8) is 0 Å². The van der Waals surface area contributed by atoms with Crippen LogP contribution in [0, 0.1) is 0 Å². The number of carbonyl (C=O) groups is 1. The first-order valence-corrected chi connectivity index (χ1v) is 13.2. The van der Waals surface area contributed by atoms with Gasteiger partial charge in [-0.05, 0) is 39.1 Å². The van der Waals surface area contributed by atoms with E-state index in [0.29, 0.717) is 36.0 Å². The third kappa shape index (κ3) is 5.97. The van der Waals surface area contributed by atoms with Crippen LogP contribution in [0.2, 0.25) is 0 Å². The maximum absolute atomic E-state index is 13.6. The number of aromatic nitrogens is 4. The normalized spacial score (nSPS) is 17.6. The number of piperazine rings is 1. The zero-order chi connectivity index (χ0) is 29.3. The quantitative estimate of drug-likeness (QED) is 0.289. The van der Waals surface area contributed by atoms with E-state index in [2.05, 4.69) is 63.0 Å². The van der Waals surface area contributed by atoms with Crippen LogP contribution >= 0.6 is 0 Å². The third-order valence-corrected chi connectivity index (χ3v) is 7.43. The summed E-state index contributed by atoms with van der Waals surface area (Å²) >= 11 is 0. The Kier molecular flexibility index (Phi) is 7.84. The monoisotopic (exact) mass is 562 g/mol. The number of amides is 1. The van der Waals surface area contributed by atoms with E-state index in [1.807, 2.05) is 25.2 Å². The molecule has 1 saturated heterocycles. The molecule has 5 rings (SSSR count). The fourth-order valence-electron chi connectivity index (χ4n) is 5.03.